The Labute approximate surface area is 115 Å². The van der Waals surface area contributed by atoms with Gasteiger partial charge >= 0.3 is 5.97 Å². The predicted octanol–water partition coefficient (Wildman–Crippen LogP) is 3.41. The van der Waals surface area contributed by atoms with Gasteiger partial charge in [0.1, 0.15) is 0 Å². The number of aliphatic carboxylic acids is 1. The Kier molecular flexibility index (Phi) is 4.75. The molecule has 0 bridgehead atoms. The maximum Gasteiger partial charge on any atom is 0.304 e. The summed E-state index contributed by atoms with van der Waals surface area (Å²) >= 11 is 0. The van der Waals surface area contributed by atoms with Crippen LogP contribution < -0.4 is 0 Å². The van der Waals surface area contributed by atoms with Crippen LogP contribution in [0.25, 0.3) is 0 Å². The Morgan fingerprint density at radius 1 is 1.21 bits per heavy atom. The largest absolute Gasteiger partial charge is 0.481 e. The first-order chi connectivity index (χ1) is 8.68. The zero-order valence-electron chi connectivity index (χ0n) is 12.5. The van der Waals surface area contributed by atoms with Crippen LogP contribution in [-0.2, 0) is 21.4 Å². The Balaban J connectivity index is 3.12. The molecular formula is C16H24O3. The molecule has 0 aliphatic carbocycles. The molecule has 0 unspecified atom stereocenters. The molecule has 0 aliphatic heterocycles. The van der Waals surface area contributed by atoms with Crippen LogP contribution in [0.4, 0.5) is 0 Å². The number of ether oxygens (including phenoxy) is 1. The average molecular weight is 264 g/mol. The van der Waals surface area contributed by atoms with Gasteiger partial charge in [-0.3, -0.25) is 4.79 Å². The zero-order valence-corrected chi connectivity index (χ0v) is 12.5. The van der Waals surface area contributed by atoms with Crippen molar-refractivity contribution >= 4 is 5.97 Å². The van der Waals surface area contributed by atoms with Crippen LogP contribution in [0, 0.1) is 0 Å². The van der Waals surface area contributed by atoms with Crippen molar-refractivity contribution < 1.29 is 14.6 Å². The first-order valence-electron chi connectivity index (χ1n) is 6.53. The molecule has 0 saturated carbocycles. The first kappa shape index (κ1) is 15.7. The van der Waals surface area contributed by atoms with Crippen molar-refractivity contribution in [2.45, 2.75) is 51.6 Å². The van der Waals surface area contributed by atoms with E-state index in [2.05, 4.69) is 6.07 Å². The van der Waals surface area contributed by atoms with E-state index < -0.39 is 5.97 Å². The lowest BCUT2D eigenvalue weighted by molar-refractivity contribution is -0.138. The fourth-order valence-electron chi connectivity index (χ4n) is 2.34. The first-order valence-corrected chi connectivity index (χ1v) is 6.53. The summed E-state index contributed by atoms with van der Waals surface area (Å²) in [5.41, 5.74) is 1.60. The fourth-order valence-corrected chi connectivity index (χ4v) is 2.34. The van der Waals surface area contributed by atoms with Crippen molar-refractivity contribution in [3.8, 4) is 0 Å². The van der Waals surface area contributed by atoms with Gasteiger partial charge < -0.3 is 9.84 Å². The molecule has 0 heterocycles. The minimum Gasteiger partial charge on any atom is -0.481 e. The topological polar surface area (TPSA) is 46.5 Å². The third-order valence-electron chi connectivity index (χ3n) is 3.51. The highest BCUT2D eigenvalue weighted by atomic mass is 16.5. The van der Waals surface area contributed by atoms with E-state index in [-0.39, 0.29) is 17.4 Å². The summed E-state index contributed by atoms with van der Waals surface area (Å²) in [6.45, 7) is 8.02. The number of carbonyl (C=O) groups is 1. The van der Waals surface area contributed by atoms with E-state index in [1.165, 1.54) is 0 Å². The van der Waals surface area contributed by atoms with Gasteiger partial charge in [0.25, 0.3) is 0 Å². The lowest BCUT2D eigenvalue weighted by Crippen LogP contribution is -2.29. The molecule has 0 saturated heterocycles. The molecule has 3 heteroatoms. The monoisotopic (exact) mass is 264 g/mol. The van der Waals surface area contributed by atoms with Crippen molar-refractivity contribution in [1.29, 1.82) is 0 Å². The van der Waals surface area contributed by atoms with Crippen molar-refractivity contribution in [2.75, 3.05) is 7.11 Å². The average Bonchev–Trinajstić information content (AvgIpc) is 2.27. The molecule has 0 spiro atoms. The third-order valence-corrected chi connectivity index (χ3v) is 3.51. The molecule has 0 aliphatic rings. The molecule has 1 N–H and O–H groups in total. The van der Waals surface area contributed by atoms with Crippen LogP contribution in [0.1, 0.15) is 45.2 Å². The number of benzene rings is 1. The van der Waals surface area contributed by atoms with Crippen LogP contribution >= 0.6 is 0 Å². The second-order valence-corrected chi connectivity index (χ2v) is 6.25. The van der Waals surface area contributed by atoms with E-state index in [4.69, 9.17) is 9.84 Å². The van der Waals surface area contributed by atoms with Gasteiger partial charge in [-0.1, -0.05) is 38.1 Å². The van der Waals surface area contributed by atoms with Crippen LogP contribution in [0.3, 0.4) is 0 Å². The van der Waals surface area contributed by atoms with E-state index in [1.54, 1.807) is 7.11 Å². The van der Waals surface area contributed by atoms with Gasteiger partial charge in [-0.05, 0) is 25.0 Å². The third kappa shape index (κ3) is 4.35. The Morgan fingerprint density at radius 2 is 1.79 bits per heavy atom. The van der Waals surface area contributed by atoms with Crippen molar-refractivity contribution in [3.05, 3.63) is 35.4 Å². The lowest BCUT2D eigenvalue weighted by atomic mass is 9.77. The summed E-state index contributed by atoms with van der Waals surface area (Å²) in [7, 11) is 1.70. The quantitative estimate of drug-likeness (QED) is 0.856. The summed E-state index contributed by atoms with van der Waals surface area (Å²) in [5, 5.41) is 9.06. The fraction of sp³-hybridized carbons (Fsp3) is 0.562. The normalized spacial score (nSPS) is 12.5. The Bertz CT molecular complexity index is 447. The molecule has 0 amide bonds. The molecule has 0 fully saturated rings. The summed E-state index contributed by atoms with van der Waals surface area (Å²) < 4.78 is 5.47. The van der Waals surface area contributed by atoms with Crippen LogP contribution in [0.15, 0.2) is 24.3 Å². The molecule has 3 nitrogen and oxygen atoms in total. The van der Waals surface area contributed by atoms with Gasteiger partial charge in [0.15, 0.2) is 0 Å². The van der Waals surface area contributed by atoms with E-state index in [1.807, 2.05) is 45.9 Å². The molecule has 106 valence electrons. The number of rotatable bonds is 6. The highest BCUT2D eigenvalue weighted by Gasteiger charge is 2.28. The van der Waals surface area contributed by atoms with Crippen molar-refractivity contribution in [3.63, 3.8) is 0 Å². The van der Waals surface area contributed by atoms with E-state index in [0.717, 1.165) is 17.5 Å². The SMILES string of the molecule is COC(C)(C)Cc1ccccc1C(C)(C)CC(=O)O. The molecule has 1 aromatic rings. The smallest absolute Gasteiger partial charge is 0.304 e. The maximum absolute atomic E-state index is 11.0. The van der Waals surface area contributed by atoms with Crippen LogP contribution in [-0.4, -0.2) is 23.8 Å². The van der Waals surface area contributed by atoms with E-state index in [9.17, 15) is 4.79 Å². The van der Waals surface area contributed by atoms with Gasteiger partial charge in [0.2, 0.25) is 0 Å². The Hall–Kier alpha value is -1.35. The van der Waals surface area contributed by atoms with Crippen LogP contribution in [0.2, 0.25) is 0 Å². The van der Waals surface area contributed by atoms with Crippen LogP contribution in [0.5, 0.6) is 0 Å². The number of hydrogen-bond donors (Lipinski definition) is 1. The van der Waals surface area contributed by atoms with E-state index >= 15 is 0 Å². The molecule has 19 heavy (non-hydrogen) atoms. The highest BCUT2D eigenvalue weighted by Crippen LogP contribution is 2.32. The zero-order chi connectivity index (χ0) is 14.7. The molecular weight excluding hydrogens is 240 g/mol. The van der Waals surface area contributed by atoms with Gasteiger partial charge in [-0.2, -0.15) is 0 Å². The number of hydrogen-bond acceptors (Lipinski definition) is 2. The molecule has 0 aromatic heterocycles. The summed E-state index contributed by atoms with van der Waals surface area (Å²) in [4.78, 5) is 11.0. The summed E-state index contributed by atoms with van der Waals surface area (Å²) in [6, 6.07) is 8.02. The Morgan fingerprint density at radius 3 is 2.32 bits per heavy atom. The minimum atomic E-state index is -0.772. The van der Waals surface area contributed by atoms with Gasteiger partial charge in [0, 0.05) is 18.9 Å². The molecule has 0 atom stereocenters. The molecule has 1 aromatic carbocycles. The van der Waals surface area contributed by atoms with Gasteiger partial charge in [-0.15, -0.1) is 0 Å². The summed E-state index contributed by atoms with van der Waals surface area (Å²) in [6.07, 6.45) is 0.889. The second kappa shape index (κ2) is 5.74. The summed E-state index contributed by atoms with van der Waals surface area (Å²) in [5.74, 6) is -0.772. The minimum absolute atomic E-state index is 0.122. The lowest BCUT2D eigenvalue weighted by Gasteiger charge is -2.30. The van der Waals surface area contributed by atoms with Gasteiger partial charge in [0.05, 0.1) is 12.0 Å². The van der Waals surface area contributed by atoms with Crippen molar-refractivity contribution in [2.24, 2.45) is 0 Å². The maximum atomic E-state index is 11.0. The van der Waals surface area contributed by atoms with Crippen molar-refractivity contribution in [1.82, 2.24) is 0 Å². The highest BCUT2D eigenvalue weighted by molar-refractivity contribution is 5.69. The standard InChI is InChI=1S/C16H24O3/c1-15(2,11-14(17)18)13-9-7-6-8-12(13)10-16(3,4)19-5/h6-9H,10-11H2,1-5H3,(H,17,18). The number of methoxy groups -OCH3 is 1. The predicted molar refractivity (Wildman–Crippen MR) is 76.5 cm³/mol. The number of carboxylic acids is 1. The van der Waals surface area contributed by atoms with Gasteiger partial charge in [-0.25, -0.2) is 0 Å². The van der Waals surface area contributed by atoms with E-state index in [0.29, 0.717) is 0 Å². The number of carboxylic acid groups (broad SMARTS) is 1. The second-order valence-electron chi connectivity index (χ2n) is 6.25. The molecule has 0 radical (unpaired) electrons. The molecule has 1 rings (SSSR count).